The molecule has 1 aromatic heterocycles. The first-order valence-electron chi connectivity index (χ1n) is 1.46. The van der Waals surface area contributed by atoms with Crippen molar-refractivity contribution in [1.82, 2.24) is 10.2 Å². The second-order valence-corrected chi connectivity index (χ2v) is 1.53. The molecule has 9 heavy (non-hydrogen) atoms. The average molecular weight is 146 g/mol. The first-order chi connectivity index (χ1) is 3.29. The van der Waals surface area contributed by atoms with Gasteiger partial charge < -0.3 is 29.7 Å². The maximum Gasteiger partial charge on any atom is 1.00 e. The molecule has 1 heterocycles. The summed E-state index contributed by atoms with van der Waals surface area (Å²) in [5, 5.41) is 6.82. The average Bonchev–Trinajstić information content (AvgIpc) is 1.87. The quantitative estimate of drug-likeness (QED) is 0.269. The van der Waals surface area contributed by atoms with Crippen LogP contribution in [0.3, 0.4) is 0 Å². The van der Waals surface area contributed by atoms with Crippen LogP contribution >= 0.6 is 0 Å². The van der Waals surface area contributed by atoms with Gasteiger partial charge in [0.25, 0.3) is 0 Å². The predicted molar refractivity (Wildman–Crippen MR) is 25.6 cm³/mol. The van der Waals surface area contributed by atoms with Crippen LogP contribution in [-0.4, -0.2) is 10.2 Å². The molecule has 1 rings (SSSR count). The zero-order valence-corrected chi connectivity index (χ0v) is 6.75. The van der Waals surface area contributed by atoms with Gasteiger partial charge in [0.05, 0.1) is 10.4 Å². The number of nitrogens with zero attached hydrogens (tertiary/aromatic N) is 2. The smallest absolute Gasteiger partial charge is 0.720 e. The third-order valence-corrected chi connectivity index (χ3v) is 0.718. The van der Waals surface area contributed by atoms with Crippen LogP contribution < -0.4 is 37.7 Å². The van der Waals surface area contributed by atoms with Gasteiger partial charge in [0.15, 0.2) is 0 Å². The second kappa shape index (κ2) is 5.55. The summed E-state index contributed by atoms with van der Waals surface area (Å²) < 4.78 is 4.49. The molecule has 3 nitrogen and oxygen atoms in total. The molecule has 0 amide bonds. The third-order valence-electron chi connectivity index (χ3n) is 0.388. The van der Waals surface area contributed by atoms with Gasteiger partial charge in [-0.2, -0.15) is 0 Å². The van der Waals surface area contributed by atoms with E-state index < -0.39 is 0 Å². The van der Waals surface area contributed by atoms with E-state index in [0.717, 1.165) is 0 Å². The summed E-state index contributed by atoms with van der Waals surface area (Å²) in [7, 11) is 0. The van der Waals surface area contributed by atoms with Crippen molar-refractivity contribution in [2.75, 3.05) is 0 Å². The molecule has 0 fully saturated rings. The standard InChI is InChI=1S/C2H2N2OS2.2Li/c6-1-3-4-2(7)5-1;;/h(H,3,6)(H,4,7);;/q;2*+1/p-2. The molecule has 7 heteroatoms. The molecule has 0 saturated carbocycles. The van der Waals surface area contributed by atoms with Crippen LogP contribution in [0.2, 0.25) is 0 Å². The topological polar surface area (TPSA) is 38.9 Å². The van der Waals surface area contributed by atoms with Gasteiger partial charge in [-0.3, -0.25) is 0 Å². The summed E-state index contributed by atoms with van der Waals surface area (Å²) in [5.41, 5.74) is 0. The van der Waals surface area contributed by atoms with Crippen molar-refractivity contribution in [3.05, 3.63) is 0 Å². The second-order valence-electron chi connectivity index (χ2n) is 0.834. The maximum absolute atomic E-state index is 4.49. The van der Waals surface area contributed by atoms with Gasteiger partial charge in [-0.25, -0.2) is 0 Å². The summed E-state index contributed by atoms with van der Waals surface area (Å²) >= 11 is 8.85. The summed E-state index contributed by atoms with van der Waals surface area (Å²) in [6.45, 7) is 0. The molecular formula is C2Li2N2OS2. The Morgan fingerprint density at radius 3 is 1.44 bits per heavy atom. The number of hydrogen-bond donors (Lipinski definition) is 0. The van der Waals surface area contributed by atoms with Gasteiger partial charge in [-0.05, 0) is 0 Å². The van der Waals surface area contributed by atoms with E-state index in [1.165, 1.54) is 0 Å². The van der Waals surface area contributed by atoms with E-state index in [4.69, 9.17) is 0 Å². The molecule has 0 N–H and O–H groups in total. The number of aromatic nitrogens is 2. The fraction of sp³-hybridized carbons (Fsp3) is 0. The molecule has 0 aromatic carbocycles. The van der Waals surface area contributed by atoms with E-state index in [0.29, 0.717) is 0 Å². The van der Waals surface area contributed by atoms with Crippen LogP contribution in [0, 0.1) is 0 Å². The van der Waals surface area contributed by atoms with Crippen LogP contribution in [-0.2, 0) is 25.3 Å². The molecule has 0 radical (unpaired) electrons. The van der Waals surface area contributed by atoms with Crippen molar-refractivity contribution in [2.24, 2.45) is 0 Å². The minimum atomic E-state index is 0. The minimum absolute atomic E-state index is 0. The molecule has 0 atom stereocenters. The molecule has 0 aliphatic carbocycles. The van der Waals surface area contributed by atoms with E-state index in [9.17, 15) is 0 Å². The molecule has 0 spiro atoms. The molecule has 0 aliphatic rings. The van der Waals surface area contributed by atoms with Crippen molar-refractivity contribution >= 4 is 25.3 Å². The van der Waals surface area contributed by atoms with E-state index in [1.807, 2.05) is 0 Å². The van der Waals surface area contributed by atoms with Crippen LogP contribution in [0.15, 0.2) is 14.9 Å². The van der Waals surface area contributed by atoms with Gasteiger partial charge in [0, 0.05) is 0 Å². The van der Waals surface area contributed by atoms with Gasteiger partial charge in [0.2, 0.25) is 0 Å². The largest absolute Gasteiger partial charge is 1.00 e. The van der Waals surface area contributed by atoms with Gasteiger partial charge >= 0.3 is 37.7 Å². The van der Waals surface area contributed by atoms with Crippen molar-refractivity contribution in [3.8, 4) is 0 Å². The third kappa shape index (κ3) is 4.22. The van der Waals surface area contributed by atoms with Crippen molar-refractivity contribution in [2.45, 2.75) is 10.4 Å². The van der Waals surface area contributed by atoms with Gasteiger partial charge in [-0.1, -0.05) is 0 Å². The zero-order chi connectivity index (χ0) is 5.28. The predicted octanol–water partition coefficient (Wildman–Crippen LogP) is -6.11. The maximum atomic E-state index is 4.49. The first kappa shape index (κ1) is 12.5. The molecule has 0 saturated heterocycles. The van der Waals surface area contributed by atoms with Crippen LogP contribution in [0.5, 0.6) is 0 Å². The minimum Gasteiger partial charge on any atom is -0.720 e. The van der Waals surface area contributed by atoms with Crippen molar-refractivity contribution < 1.29 is 42.1 Å². The van der Waals surface area contributed by atoms with Crippen molar-refractivity contribution in [1.29, 1.82) is 0 Å². The fourth-order valence-corrected chi connectivity index (χ4v) is 0.489. The molecule has 1 aromatic rings. The molecule has 0 bridgehead atoms. The summed E-state index contributed by atoms with van der Waals surface area (Å²) in [6.07, 6.45) is 0. The fourth-order valence-electron chi connectivity index (χ4n) is 0.197. The molecule has 0 unspecified atom stereocenters. The Morgan fingerprint density at radius 2 is 1.33 bits per heavy atom. The summed E-state index contributed by atoms with van der Waals surface area (Å²) in [4.78, 5) is 0. The Labute approximate surface area is 87.5 Å². The molecule has 38 valence electrons. The van der Waals surface area contributed by atoms with Gasteiger partial charge in [-0.15, -0.1) is 10.2 Å². The Morgan fingerprint density at radius 1 is 1.00 bits per heavy atom. The molecular weight excluding hydrogens is 146 g/mol. The number of hydrogen-bond acceptors (Lipinski definition) is 5. The monoisotopic (exact) mass is 146 g/mol. The zero-order valence-electron chi connectivity index (χ0n) is 5.12. The molecule has 0 aliphatic heterocycles. The van der Waals surface area contributed by atoms with Crippen LogP contribution in [0.1, 0.15) is 0 Å². The Balaban J connectivity index is 0. The van der Waals surface area contributed by atoms with Crippen LogP contribution in [0.25, 0.3) is 0 Å². The van der Waals surface area contributed by atoms with Gasteiger partial charge in [0.1, 0.15) is 0 Å². The van der Waals surface area contributed by atoms with Crippen LogP contribution in [0.4, 0.5) is 0 Å². The Hall–Kier alpha value is 0.775. The Bertz CT molecular complexity index is 153. The SMILES string of the molecule is [Li+].[Li+].[S-]c1nnc([S-])o1. The summed E-state index contributed by atoms with van der Waals surface area (Å²) in [6, 6.07) is 0. The number of rotatable bonds is 0. The van der Waals surface area contributed by atoms with E-state index in [1.54, 1.807) is 0 Å². The first-order valence-corrected chi connectivity index (χ1v) is 2.28. The van der Waals surface area contributed by atoms with E-state index in [-0.39, 0.29) is 48.2 Å². The van der Waals surface area contributed by atoms with E-state index in [2.05, 4.69) is 39.9 Å². The summed E-state index contributed by atoms with van der Waals surface area (Å²) in [5.74, 6) is 0. The van der Waals surface area contributed by atoms with E-state index >= 15 is 0 Å². The normalized spacial score (nSPS) is 7.11. The van der Waals surface area contributed by atoms with Crippen molar-refractivity contribution in [3.63, 3.8) is 0 Å². The Kier molecular flexibility index (Phi) is 7.68.